The summed E-state index contributed by atoms with van der Waals surface area (Å²) in [6.07, 6.45) is 1.94. The van der Waals surface area contributed by atoms with E-state index in [1.165, 1.54) is 28.7 Å². The fourth-order valence-electron chi connectivity index (χ4n) is 3.13. The van der Waals surface area contributed by atoms with Crippen LogP contribution in [0, 0.1) is 19.8 Å². The van der Waals surface area contributed by atoms with Gasteiger partial charge in [-0.15, -0.1) is 23.1 Å². The average Bonchev–Trinajstić information content (AvgIpc) is 3.53. The van der Waals surface area contributed by atoms with Gasteiger partial charge in [-0.2, -0.15) is 0 Å². The second-order valence-electron chi connectivity index (χ2n) is 7.83. The lowest BCUT2D eigenvalue weighted by Crippen LogP contribution is -2.22. The molecule has 1 aliphatic carbocycles. The monoisotopic (exact) mass is 451 g/mol. The van der Waals surface area contributed by atoms with Crippen molar-refractivity contribution in [1.82, 2.24) is 4.98 Å². The Hall–Kier alpha value is -2.64. The molecule has 31 heavy (non-hydrogen) atoms. The highest BCUT2D eigenvalue weighted by Gasteiger charge is 2.29. The second-order valence-corrected chi connectivity index (χ2v) is 10.4. The van der Waals surface area contributed by atoms with Gasteiger partial charge in [0.2, 0.25) is 11.8 Å². The van der Waals surface area contributed by atoms with Crippen molar-refractivity contribution in [2.75, 3.05) is 10.6 Å². The average molecular weight is 452 g/mol. The molecule has 160 valence electrons. The van der Waals surface area contributed by atoms with Crippen molar-refractivity contribution in [2.45, 2.75) is 43.8 Å². The third-order valence-corrected chi connectivity index (χ3v) is 7.06. The van der Waals surface area contributed by atoms with Gasteiger partial charge in [0.15, 0.2) is 5.13 Å². The van der Waals surface area contributed by atoms with Crippen LogP contribution in [0.5, 0.6) is 0 Å². The summed E-state index contributed by atoms with van der Waals surface area (Å²) >= 11 is 2.94. The molecule has 0 bridgehead atoms. The van der Waals surface area contributed by atoms with E-state index in [9.17, 15) is 9.59 Å². The molecule has 2 aromatic carbocycles. The van der Waals surface area contributed by atoms with Crippen LogP contribution in [-0.4, -0.2) is 22.0 Å². The first-order chi connectivity index (χ1) is 14.9. The molecule has 0 radical (unpaired) electrons. The fraction of sp³-hybridized carbons (Fsp3) is 0.292. The van der Waals surface area contributed by atoms with Crippen LogP contribution in [0.1, 0.15) is 30.2 Å². The van der Waals surface area contributed by atoms with Gasteiger partial charge in [0.05, 0.1) is 10.9 Å². The number of carbonyl (C=O) groups is 2. The number of hydrogen-bond acceptors (Lipinski definition) is 5. The molecule has 1 fully saturated rings. The lowest BCUT2D eigenvalue weighted by Gasteiger charge is -2.12. The van der Waals surface area contributed by atoms with Crippen LogP contribution < -0.4 is 10.6 Å². The second kappa shape index (κ2) is 9.24. The SMILES string of the molecule is Cc1ccc(-c2nc(NC(=O)C(C)Sc3cccc(NC(=O)C4CC4)c3)sc2C)cc1. The largest absolute Gasteiger partial charge is 0.326 e. The van der Waals surface area contributed by atoms with Crippen molar-refractivity contribution in [3.8, 4) is 11.3 Å². The summed E-state index contributed by atoms with van der Waals surface area (Å²) in [7, 11) is 0. The number of anilines is 2. The molecular formula is C24H25N3O2S2. The molecule has 0 spiro atoms. The summed E-state index contributed by atoms with van der Waals surface area (Å²) in [6.45, 7) is 5.94. The van der Waals surface area contributed by atoms with E-state index >= 15 is 0 Å². The van der Waals surface area contributed by atoms with Crippen LogP contribution in [0.2, 0.25) is 0 Å². The number of hydrogen-bond donors (Lipinski definition) is 2. The molecule has 1 heterocycles. The highest BCUT2D eigenvalue weighted by molar-refractivity contribution is 8.00. The first-order valence-corrected chi connectivity index (χ1v) is 12.0. The Morgan fingerprint density at radius 2 is 1.84 bits per heavy atom. The Kier molecular flexibility index (Phi) is 6.43. The Labute approximate surface area is 190 Å². The summed E-state index contributed by atoms with van der Waals surface area (Å²) in [6, 6.07) is 15.9. The normalized spacial score (nSPS) is 14.2. The first-order valence-electron chi connectivity index (χ1n) is 10.3. The summed E-state index contributed by atoms with van der Waals surface area (Å²) < 4.78 is 0. The summed E-state index contributed by atoms with van der Waals surface area (Å²) in [4.78, 5) is 31.4. The lowest BCUT2D eigenvalue weighted by atomic mass is 10.1. The van der Waals surface area contributed by atoms with Crippen LogP contribution in [0.4, 0.5) is 10.8 Å². The van der Waals surface area contributed by atoms with Crippen molar-refractivity contribution >= 4 is 45.7 Å². The van der Waals surface area contributed by atoms with Gasteiger partial charge in [0.1, 0.15) is 0 Å². The van der Waals surface area contributed by atoms with Crippen LogP contribution in [0.25, 0.3) is 11.3 Å². The number of rotatable bonds is 7. The third-order valence-electron chi connectivity index (χ3n) is 5.08. The van der Waals surface area contributed by atoms with E-state index in [4.69, 9.17) is 0 Å². The van der Waals surface area contributed by atoms with Gasteiger partial charge in [-0.3, -0.25) is 9.59 Å². The van der Waals surface area contributed by atoms with Crippen molar-refractivity contribution in [3.63, 3.8) is 0 Å². The minimum absolute atomic E-state index is 0.0801. The number of benzene rings is 2. The summed E-state index contributed by atoms with van der Waals surface area (Å²) in [5.41, 5.74) is 3.92. The summed E-state index contributed by atoms with van der Waals surface area (Å²) in [5, 5.41) is 6.21. The fourth-order valence-corrected chi connectivity index (χ4v) is 4.90. The number of thioether (sulfide) groups is 1. The van der Waals surface area contributed by atoms with E-state index < -0.39 is 0 Å². The standard InChI is InChI=1S/C24H25N3O2S2/c1-14-7-9-17(10-8-14)21-15(2)31-24(26-21)27-22(28)16(3)30-20-6-4-5-19(13-20)25-23(29)18-11-12-18/h4-10,13,16,18H,11-12H2,1-3H3,(H,25,29)(H,26,27,28). The van der Waals surface area contributed by atoms with Crippen LogP contribution in [0.3, 0.4) is 0 Å². The van der Waals surface area contributed by atoms with Gasteiger partial charge in [0.25, 0.3) is 0 Å². The predicted octanol–water partition coefficient (Wildman–Crippen LogP) is 5.89. The van der Waals surface area contributed by atoms with Gasteiger partial charge in [-0.05, 0) is 51.8 Å². The molecule has 0 aliphatic heterocycles. The smallest absolute Gasteiger partial charge is 0.239 e. The molecule has 0 saturated heterocycles. The van der Waals surface area contributed by atoms with Gasteiger partial charge in [0, 0.05) is 26.9 Å². The number of amides is 2. The zero-order chi connectivity index (χ0) is 22.0. The topological polar surface area (TPSA) is 71.1 Å². The molecule has 2 N–H and O–H groups in total. The molecular weight excluding hydrogens is 426 g/mol. The van der Waals surface area contributed by atoms with E-state index in [1.54, 1.807) is 0 Å². The number of thiazole rings is 1. The molecule has 1 unspecified atom stereocenters. The van der Waals surface area contributed by atoms with Crippen molar-refractivity contribution in [2.24, 2.45) is 5.92 Å². The maximum absolute atomic E-state index is 12.7. The highest BCUT2D eigenvalue weighted by Crippen LogP contribution is 2.33. The third kappa shape index (κ3) is 5.54. The van der Waals surface area contributed by atoms with E-state index in [0.29, 0.717) is 5.13 Å². The van der Waals surface area contributed by atoms with Crippen molar-refractivity contribution < 1.29 is 9.59 Å². The van der Waals surface area contributed by atoms with Crippen LogP contribution >= 0.6 is 23.1 Å². The van der Waals surface area contributed by atoms with Crippen molar-refractivity contribution in [3.05, 3.63) is 59.0 Å². The Bertz CT molecular complexity index is 1100. The van der Waals surface area contributed by atoms with Crippen LogP contribution in [0.15, 0.2) is 53.4 Å². The molecule has 2 amide bonds. The van der Waals surface area contributed by atoms with Crippen LogP contribution in [-0.2, 0) is 9.59 Å². The molecule has 4 rings (SSSR count). The van der Waals surface area contributed by atoms with Crippen molar-refractivity contribution in [1.29, 1.82) is 0 Å². The Morgan fingerprint density at radius 1 is 1.10 bits per heavy atom. The molecule has 7 heteroatoms. The van der Waals surface area contributed by atoms with Gasteiger partial charge in [-0.25, -0.2) is 4.98 Å². The summed E-state index contributed by atoms with van der Waals surface area (Å²) in [5.74, 6) is 0.144. The minimum atomic E-state index is -0.304. The number of nitrogens with zero attached hydrogens (tertiary/aromatic N) is 1. The zero-order valence-electron chi connectivity index (χ0n) is 17.8. The molecule has 1 aliphatic rings. The molecule has 1 saturated carbocycles. The number of carbonyl (C=O) groups excluding carboxylic acids is 2. The van der Waals surface area contributed by atoms with E-state index in [-0.39, 0.29) is 23.0 Å². The molecule has 5 nitrogen and oxygen atoms in total. The Morgan fingerprint density at radius 3 is 2.55 bits per heavy atom. The lowest BCUT2D eigenvalue weighted by molar-refractivity contribution is -0.117. The minimum Gasteiger partial charge on any atom is -0.326 e. The quantitative estimate of drug-likeness (QED) is 0.439. The van der Waals surface area contributed by atoms with Gasteiger partial charge >= 0.3 is 0 Å². The zero-order valence-corrected chi connectivity index (χ0v) is 19.4. The highest BCUT2D eigenvalue weighted by atomic mass is 32.2. The Balaban J connectivity index is 1.38. The number of aryl methyl sites for hydroxylation is 2. The first kappa shape index (κ1) is 21.6. The number of aromatic nitrogens is 1. The molecule has 1 atom stereocenters. The maximum Gasteiger partial charge on any atom is 0.239 e. The van der Waals surface area contributed by atoms with Gasteiger partial charge < -0.3 is 10.6 Å². The van der Waals surface area contributed by atoms with Gasteiger partial charge in [-0.1, -0.05) is 35.9 Å². The van der Waals surface area contributed by atoms with E-state index in [0.717, 1.165) is 39.6 Å². The molecule has 3 aromatic rings. The van der Waals surface area contributed by atoms with E-state index in [2.05, 4.69) is 46.8 Å². The maximum atomic E-state index is 12.7. The van der Waals surface area contributed by atoms with E-state index in [1.807, 2.05) is 38.1 Å². The predicted molar refractivity (Wildman–Crippen MR) is 129 cm³/mol. The number of nitrogens with one attached hydrogen (secondary N) is 2. The molecule has 1 aromatic heterocycles.